The van der Waals surface area contributed by atoms with Crippen molar-refractivity contribution in [2.45, 2.75) is 30.5 Å². The van der Waals surface area contributed by atoms with Gasteiger partial charge in [-0.25, -0.2) is 9.97 Å². The molecular weight excluding hydrogens is 232 g/mol. The normalized spacial score (nSPS) is 12.6. The highest BCUT2D eigenvalue weighted by atomic mass is 32.2. The quantitative estimate of drug-likeness (QED) is 0.614. The second-order valence-electron chi connectivity index (χ2n) is 4.03. The second-order valence-corrected chi connectivity index (χ2v) is 5.46. The van der Waals surface area contributed by atoms with Gasteiger partial charge in [-0.15, -0.1) is 11.8 Å². The van der Waals surface area contributed by atoms with Crippen molar-refractivity contribution in [1.29, 1.82) is 0 Å². The Morgan fingerprint density at radius 1 is 1.35 bits per heavy atom. The minimum absolute atomic E-state index is 0.211. The molecule has 4 heteroatoms. The molecule has 0 radical (unpaired) electrons. The van der Waals surface area contributed by atoms with Gasteiger partial charge in [-0.05, 0) is 13.0 Å². The van der Waals surface area contributed by atoms with Gasteiger partial charge in [0.2, 0.25) is 0 Å². The lowest BCUT2D eigenvalue weighted by molar-refractivity contribution is -0.116. The SMILES string of the molecule is CC(=O)CC(C)Sc1ncnc2ccccc12. The Hall–Kier alpha value is -1.42. The first-order valence-corrected chi connectivity index (χ1v) is 6.40. The van der Waals surface area contributed by atoms with Crippen molar-refractivity contribution < 1.29 is 4.79 Å². The molecule has 0 spiro atoms. The summed E-state index contributed by atoms with van der Waals surface area (Å²) < 4.78 is 0. The van der Waals surface area contributed by atoms with Crippen molar-refractivity contribution in [2.24, 2.45) is 0 Å². The number of Topliss-reactive ketones (excluding diaryl/α,β-unsaturated/α-hetero) is 1. The first kappa shape index (κ1) is 12.0. The molecule has 1 aromatic carbocycles. The summed E-state index contributed by atoms with van der Waals surface area (Å²) in [4.78, 5) is 19.6. The number of para-hydroxylation sites is 1. The highest BCUT2D eigenvalue weighted by Gasteiger charge is 2.10. The highest BCUT2D eigenvalue weighted by molar-refractivity contribution is 8.00. The van der Waals surface area contributed by atoms with Crippen LogP contribution in [0.25, 0.3) is 10.9 Å². The van der Waals surface area contributed by atoms with Crippen molar-refractivity contribution in [1.82, 2.24) is 9.97 Å². The Bertz CT molecular complexity index is 536. The van der Waals surface area contributed by atoms with Crippen molar-refractivity contribution in [3.8, 4) is 0 Å². The first-order chi connectivity index (χ1) is 8.16. The molecule has 1 aromatic heterocycles. The van der Waals surface area contributed by atoms with Crippen LogP contribution in [-0.4, -0.2) is 21.0 Å². The van der Waals surface area contributed by atoms with E-state index >= 15 is 0 Å². The number of hydrogen-bond acceptors (Lipinski definition) is 4. The summed E-state index contributed by atoms with van der Waals surface area (Å²) in [5, 5.41) is 2.24. The Kier molecular flexibility index (Phi) is 3.74. The summed E-state index contributed by atoms with van der Waals surface area (Å²) in [5.41, 5.74) is 0.944. The van der Waals surface area contributed by atoms with Crippen LogP contribution in [0.5, 0.6) is 0 Å². The number of ketones is 1. The molecule has 3 nitrogen and oxygen atoms in total. The zero-order valence-corrected chi connectivity index (χ0v) is 10.7. The number of carbonyl (C=O) groups is 1. The molecule has 88 valence electrons. The molecule has 0 saturated heterocycles. The molecule has 2 aromatic rings. The van der Waals surface area contributed by atoms with Crippen molar-refractivity contribution in [2.75, 3.05) is 0 Å². The van der Waals surface area contributed by atoms with E-state index in [1.165, 1.54) is 0 Å². The van der Waals surface area contributed by atoms with Crippen LogP contribution >= 0.6 is 11.8 Å². The fourth-order valence-electron chi connectivity index (χ4n) is 1.71. The van der Waals surface area contributed by atoms with Crippen LogP contribution in [0.1, 0.15) is 20.3 Å². The molecule has 0 aliphatic rings. The fraction of sp³-hybridized carbons (Fsp3) is 0.308. The maximum atomic E-state index is 11.1. The van der Waals surface area contributed by atoms with Gasteiger partial charge in [-0.2, -0.15) is 0 Å². The van der Waals surface area contributed by atoms with Gasteiger partial charge in [-0.3, -0.25) is 4.79 Å². The van der Waals surface area contributed by atoms with Gasteiger partial charge in [0.25, 0.3) is 0 Å². The third-order valence-electron chi connectivity index (χ3n) is 2.39. The van der Waals surface area contributed by atoms with Crippen LogP contribution in [0.2, 0.25) is 0 Å². The van der Waals surface area contributed by atoms with Gasteiger partial charge in [0, 0.05) is 17.1 Å². The largest absolute Gasteiger partial charge is 0.300 e. The van der Waals surface area contributed by atoms with Crippen LogP contribution in [0.3, 0.4) is 0 Å². The van der Waals surface area contributed by atoms with Gasteiger partial charge in [-0.1, -0.05) is 25.1 Å². The van der Waals surface area contributed by atoms with E-state index in [9.17, 15) is 4.79 Å². The molecule has 0 aliphatic heterocycles. The number of aromatic nitrogens is 2. The molecule has 1 heterocycles. The lowest BCUT2D eigenvalue weighted by Gasteiger charge is -2.09. The van der Waals surface area contributed by atoms with E-state index in [0.29, 0.717) is 6.42 Å². The maximum Gasteiger partial charge on any atom is 0.130 e. The summed E-state index contributed by atoms with van der Waals surface area (Å²) in [6.45, 7) is 3.66. The lowest BCUT2D eigenvalue weighted by Crippen LogP contribution is -2.03. The smallest absolute Gasteiger partial charge is 0.130 e. The summed E-state index contributed by atoms with van der Waals surface area (Å²) in [6.07, 6.45) is 2.15. The van der Waals surface area contributed by atoms with E-state index in [-0.39, 0.29) is 11.0 Å². The van der Waals surface area contributed by atoms with E-state index in [1.807, 2.05) is 31.2 Å². The minimum atomic E-state index is 0.211. The molecule has 0 N–H and O–H groups in total. The van der Waals surface area contributed by atoms with E-state index < -0.39 is 0 Å². The number of hydrogen-bond donors (Lipinski definition) is 0. The van der Waals surface area contributed by atoms with Crippen LogP contribution in [0.4, 0.5) is 0 Å². The first-order valence-electron chi connectivity index (χ1n) is 5.52. The van der Waals surface area contributed by atoms with Crippen molar-refractivity contribution in [3.63, 3.8) is 0 Å². The summed E-state index contributed by atoms with van der Waals surface area (Å²) in [7, 11) is 0. The molecule has 1 unspecified atom stereocenters. The summed E-state index contributed by atoms with van der Waals surface area (Å²) in [5.74, 6) is 0.211. The molecule has 0 fully saturated rings. The predicted octanol–water partition coefficient (Wildman–Crippen LogP) is 3.09. The lowest BCUT2D eigenvalue weighted by atomic mass is 10.2. The average Bonchev–Trinajstić information content (AvgIpc) is 2.28. The summed E-state index contributed by atoms with van der Waals surface area (Å²) in [6, 6.07) is 7.92. The third kappa shape index (κ3) is 3.03. The monoisotopic (exact) mass is 246 g/mol. The topological polar surface area (TPSA) is 42.9 Å². The van der Waals surface area contributed by atoms with Gasteiger partial charge >= 0.3 is 0 Å². The van der Waals surface area contributed by atoms with E-state index in [2.05, 4.69) is 9.97 Å². The molecule has 0 aliphatic carbocycles. The summed E-state index contributed by atoms with van der Waals surface area (Å²) >= 11 is 1.63. The molecular formula is C13H14N2OS. The zero-order chi connectivity index (χ0) is 12.3. The van der Waals surface area contributed by atoms with Gasteiger partial charge < -0.3 is 0 Å². The van der Waals surface area contributed by atoms with E-state index in [4.69, 9.17) is 0 Å². The fourth-order valence-corrected chi connectivity index (χ4v) is 2.82. The second kappa shape index (κ2) is 5.27. The van der Waals surface area contributed by atoms with Crippen LogP contribution in [0.15, 0.2) is 35.6 Å². The number of nitrogens with zero attached hydrogens (tertiary/aromatic N) is 2. The Labute approximate surface area is 105 Å². The molecule has 0 bridgehead atoms. The van der Waals surface area contributed by atoms with Gasteiger partial charge in [0.05, 0.1) is 5.52 Å². The van der Waals surface area contributed by atoms with E-state index in [0.717, 1.165) is 15.9 Å². The standard InChI is InChI=1S/C13H14N2OS/c1-9(16)7-10(2)17-13-11-5-3-4-6-12(11)14-8-15-13/h3-6,8,10H,7H2,1-2H3. The Balaban J connectivity index is 2.26. The van der Waals surface area contributed by atoms with E-state index in [1.54, 1.807) is 25.0 Å². The predicted molar refractivity (Wildman–Crippen MR) is 70.2 cm³/mol. The highest BCUT2D eigenvalue weighted by Crippen LogP contribution is 2.28. The number of carbonyl (C=O) groups excluding carboxylic acids is 1. The number of fused-ring (bicyclic) bond motifs is 1. The van der Waals surface area contributed by atoms with Crippen LogP contribution < -0.4 is 0 Å². The Morgan fingerprint density at radius 3 is 2.88 bits per heavy atom. The van der Waals surface area contributed by atoms with Crippen LogP contribution in [-0.2, 0) is 4.79 Å². The van der Waals surface area contributed by atoms with Gasteiger partial charge in [0.1, 0.15) is 17.1 Å². The maximum absolute atomic E-state index is 11.1. The molecule has 2 rings (SSSR count). The van der Waals surface area contributed by atoms with Crippen LogP contribution in [0, 0.1) is 0 Å². The number of benzene rings is 1. The van der Waals surface area contributed by atoms with Gasteiger partial charge in [0.15, 0.2) is 0 Å². The minimum Gasteiger partial charge on any atom is -0.300 e. The van der Waals surface area contributed by atoms with Crippen molar-refractivity contribution in [3.05, 3.63) is 30.6 Å². The Morgan fingerprint density at radius 2 is 2.12 bits per heavy atom. The number of thioether (sulfide) groups is 1. The number of rotatable bonds is 4. The molecule has 17 heavy (non-hydrogen) atoms. The molecule has 1 atom stereocenters. The molecule has 0 amide bonds. The average molecular weight is 246 g/mol. The van der Waals surface area contributed by atoms with Crippen molar-refractivity contribution >= 4 is 28.4 Å². The molecule has 0 saturated carbocycles. The third-order valence-corrected chi connectivity index (χ3v) is 3.51. The zero-order valence-electron chi connectivity index (χ0n) is 9.88.